The third-order valence-corrected chi connectivity index (χ3v) is 4.43. The molecule has 0 aliphatic heterocycles. The Labute approximate surface area is 165 Å². The topological polar surface area (TPSA) is 62.7 Å². The fourth-order valence-electron chi connectivity index (χ4n) is 2.53. The first-order valence-corrected chi connectivity index (χ1v) is 9.53. The summed E-state index contributed by atoms with van der Waals surface area (Å²) < 4.78 is 0. The maximum Gasteiger partial charge on any atom is 0.237 e. The minimum Gasteiger partial charge on any atom is -0.391 e. The fourth-order valence-corrected chi connectivity index (χ4v) is 2.72. The van der Waals surface area contributed by atoms with Gasteiger partial charge >= 0.3 is 0 Å². The van der Waals surface area contributed by atoms with Crippen LogP contribution in [0, 0.1) is 0 Å². The van der Waals surface area contributed by atoms with Crippen molar-refractivity contribution in [3.8, 4) is 0 Å². The molecule has 2 N–H and O–H groups in total. The maximum absolute atomic E-state index is 12.4. The summed E-state index contributed by atoms with van der Waals surface area (Å²) in [5.41, 5.74) is 2.84. The van der Waals surface area contributed by atoms with E-state index < -0.39 is 0 Å². The van der Waals surface area contributed by atoms with Gasteiger partial charge in [0, 0.05) is 6.54 Å². The summed E-state index contributed by atoms with van der Waals surface area (Å²) in [6.07, 6.45) is 1.18. The predicted octanol–water partition coefficient (Wildman–Crippen LogP) is 3.48. The number of carbonyl (C=O) groups excluding carboxylic acids is 1. The van der Waals surface area contributed by atoms with Gasteiger partial charge in [0.05, 0.1) is 17.6 Å². The average Bonchev–Trinajstić information content (AvgIpc) is 2.72. The van der Waals surface area contributed by atoms with Gasteiger partial charge in [0.25, 0.3) is 0 Å². The molecule has 5 nitrogen and oxygen atoms in total. The second-order valence-corrected chi connectivity index (χ2v) is 6.40. The van der Waals surface area contributed by atoms with Crippen LogP contribution < -0.4 is 10.6 Å². The van der Waals surface area contributed by atoms with Crippen LogP contribution in [0.1, 0.15) is 24.0 Å². The van der Waals surface area contributed by atoms with Gasteiger partial charge in [-0.1, -0.05) is 65.8 Å². The summed E-state index contributed by atoms with van der Waals surface area (Å²) >= 11 is 5.96. The molecule has 0 aliphatic rings. The molecule has 0 unspecified atom stereocenters. The van der Waals surface area contributed by atoms with E-state index >= 15 is 0 Å². The highest BCUT2D eigenvalue weighted by molar-refractivity contribution is 6.28. The average molecular weight is 388 g/mol. The molecule has 6 heteroatoms. The molecule has 0 saturated carbocycles. The van der Waals surface area contributed by atoms with Crippen molar-refractivity contribution in [3.63, 3.8) is 0 Å². The predicted molar refractivity (Wildman–Crippen MR) is 110 cm³/mol. The van der Waals surface area contributed by atoms with Crippen LogP contribution in [0.3, 0.4) is 0 Å². The number of alkyl halides is 1. The highest BCUT2D eigenvalue weighted by atomic mass is 35.5. The van der Waals surface area contributed by atoms with Gasteiger partial charge in [0.2, 0.25) is 5.91 Å². The van der Waals surface area contributed by atoms with Crippen molar-refractivity contribution in [1.29, 1.82) is 0 Å². The molecular formula is C21H26ClN3O2. The summed E-state index contributed by atoms with van der Waals surface area (Å²) in [6.45, 7) is 0.905. The SMILES string of the molecule is CN[C@@H](CCC(CCl)=NOCc1ccccc1)C(=O)NCc1ccccc1. The molecule has 1 amide bonds. The van der Waals surface area contributed by atoms with Crippen LogP contribution in [0.2, 0.25) is 0 Å². The number of halogens is 1. The van der Waals surface area contributed by atoms with Gasteiger partial charge in [-0.05, 0) is 31.0 Å². The standard InChI is InChI=1S/C21H26ClN3O2/c1-23-20(21(26)24-15-17-8-4-2-5-9-17)13-12-19(14-22)25-27-16-18-10-6-3-7-11-18/h2-11,20,23H,12-16H2,1H3,(H,24,26)/t20-/m0/s1. The first kappa shape index (κ1) is 20.9. The van der Waals surface area contributed by atoms with Crippen LogP contribution in [0.4, 0.5) is 0 Å². The van der Waals surface area contributed by atoms with Crippen LogP contribution in [-0.2, 0) is 22.8 Å². The third-order valence-electron chi connectivity index (χ3n) is 4.12. The van der Waals surface area contributed by atoms with Crippen molar-refractivity contribution >= 4 is 23.2 Å². The highest BCUT2D eigenvalue weighted by Crippen LogP contribution is 2.06. The van der Waals surface area contributed by atoms with Crippen molar-refractivity contribution in [3.05, 3.63) is 71.8 Å². The van der Waals surface area contributed by atoms with Gasteiger partial charge < -0.3 is 15.5 Å². The van der Waals surface area contributed by atoms with Crippen molar-refractivity contribution < 1.29 is 9.63 Å². The van der Waals surface area contributed by atoms with Gasteiger partial charge in [0.15, 0.2) is 0 Å². The van der Waals surface area contributed by atoms with Crippen molar-refractivity contribution in [2.45, 2.75) is 32.0 Å². The van der Waals surface area contributed by atoms with E-state index in [-0.39, 0.29) is 17.8 Å². The Kier molecular flexibility index (Phi) is 9.38. The first-order valence-electron chi connectivity index (χ1n) is 8.99. The number of rotatable bonds is 11. The second kappa shape index (κ2) is 12.1. The van der Waals surface area contributed by atoms with Crippen molar-refractivity contribution in [2.24, 2.45) is 5.16 Å². The Balaban J connectivity index is 1.77. The molecule has 27 heavy (non-hydrogen) atoms. The molecule has 1 atom stereocenters. The molecule has 0 radical (unpaired) electrons. The van der Waals surface area contributed by atoms with Crippen LogP contribution >= 0.6 is 11.6 Å². The van der Waals surface area contributed by atoms with Crippen LogP contribution in [0.5, 0.6) is 0 Å². The molecule has 2 aromatic carbocycles. The van der Waals surface area contributed by atoms with Gasteiger partial charge in [-0.2, -0.15) is 0 Å². The van der Waals surface area contributed by atoms with Crippen molar-refractivity contribution in [1.82, 2.24) is 10.6 Å². The summed E-state index contributed by atoms with van der Waals surface area (Å²) in [5, 5.41) is 10.1. The summed E-state index contributed by atoms with van der Waals surface area (Å²) in [6, 6.07) is 19.3. The van der Waals surface area contributed by atoms with E-state index in [1.807, 2.05) is 60.7 Å². The molecule has 0 spiro atoms. The Morgan fingerprint density at radius 3 is 2.30 bits per heavy atom. The van der Waals surface area contributed by atoms with Crippen molar-refractivity contribution in [2.75, 3.05) is 12.9 Å². The zero-order chi connectivity index (χ0) is 19.3. The van der Waals surface area contributed by atoms with Gasteiger partial charge in [0.1, 0.15) is 6.61 Å². The Bertz CT molecular complexity index is 708. The monoisotopic (exact) mass is 387 g/mol. The van der Waals surface area contributed by atoms with Crippen LogP contribution in [0.25, 0.3) is 0 Å². The number of amides is 1. The van der Waals surface area contributed by atoms with E-state index in [1.54, 1.807) is 7.05 Å². The minimum absolute atomic E-state index is 0.0412. The fraction of sp³-hybridized carbons (Fsp3) is 0.333. The zero-order valence-corrected chi connectivity index (χ0v) is 16.3. The lowest BCUT2D eigenvalue weighted by Crippen LogP contribution is -2.42. The quantitative estimate of drug-likeness (QED) is 0.352. The normalized spacial score (nSPS) is 12.4. The van der Waals surface area contributed by atoms with Gasteiger partial charge in [-0.15, -0.1) is 11.6 Å². The summed E-state index contributed by atoms with van der Waals surface area (Å²) in [7, 11) is 1.77. The highest BCUT2D eigenvalue weighted by Gasteiger charge is 2.17. The number of hydrogen-bond donors (Lipinski definition) is 2. The lowest BCUT2D eigenvalue weighted by molar-refractivity contribution is -0.123. The van der Waals surface area contributed by atoms with Crippen LogP contribution in [-0.4, -0.2) is 30.6 Å². The molecule has 2 rings (SSSR count). The summed E-state index contributed by atoms with van der Waals surface area (Å²) in [5.74, 6) is 0.233. The van der Waals surface area contributed by atoms with Gasteiger partial charge in [-0.25, -0.2) is 0 Å². The molecule has 0 saturated heterocycles. The molecule has 0 bridgehead atoms. The van der Waals surface area contributed by atoms with E-state index in [0.717, 1.165) is 16.8 Å². The Hall–Kier alpha value is -2.37. The number of nitrogens with zero attached hydrogens (tertiary/aromatic N) is 1. The Morgan fingerprint density at radius 1 is 1.07 bits per heavy atom. The smallest absolute Gasteiger partial charge is 0.237 e. The molecular weight excluding hydrogens is 362 g/mol. The number of benzene rings is 2. The minimum atomic E-state index is -0.309. The molecule has 0 fully saturated rings. The van der Waals surface area contributed by atoms with E-state index in [0.29, 0.717) is 26.0 Å². The maximum atomic E-state index is 12.4. The Morgan fingerprint density at radius 2 is 1.70 bits per heavy atom. The number of carbonyl (C=O) groups is 1. The molecule has 144 valence electrons. The molecule has 2 aromatic rings. The van der Waals surface area contributed by atoms with Gasteiger partial charge in [-0.3, -0.25) is 4.79 Å². The molecule has 0 heterocycles. The largest absolute Gasteiger partial charge is 0.391 e. The van der Waals surface area contributed by atoms with E-state index in [4.69, 9.17) is 16.4 Å². The number of hydrogen-bond acceptors (Lipinski definition) is 4. The number of oxime groups is 1. The first-order chi connectivity index (χ1) is 13.2. The van der Waals surface area contributed by atoms with E-state index in [1.165, 1.54) is 0 Å². The zero-order valence-electron chi connectivity index (χ0n) is 15.5. The van der Waals surface area contributed by atoms with Crippen LogP contribution in [0.15, 0.2) is 65.8 Å². The summed E-state index contributed by atoms with van der Waals surface area (Å²) in [4.78, 5) is 17.8. The molecule has 0 aliphatic carbocycles. The second-order valence-electron chi connectivity index (χ2n) is 6.13. The molecule has 0 aromatic heterocycles. The van der Waals surface area contributed by atoms with E-state index in [2.05, 4.69) is 15.8 Å². The lowest BCUT2D eigenvalue weighted by Gasteiger charge is -2.16. The van der Waals surface area contributed by atoms with E-state index in [9.17, 15) is 4.79 Å². The third kappa shape index (κ3) is 7.81. The number of nitrogens with one attached hydrogen (secondary N) is 2. The number of likely N-dealkylation sites (N-methyl/N-ethyl adjacent to an activating group) is 1. The lowest BCUT2D eigenvalue weighted by atomic mass is 10.1.